The highest BCUT2D eigenvalue weighted by molar-refractivity contribution is 7.98. The first-order valence-electron chi connectivity index (χ1n) is 6.79. The van der Waals surface area contributed by atoms with E-state index in [1.807, 2.05) is 22.9 Å². The predicted octanol–water partition coefficient (Wildman–Crippen LogP) is 3.00. The molecule has 1 fully saturated rings. The van der Waals surface area contributed by atoms with Crippen molar-refractivity contribution in [1.82, 2.24) is 30.4 Å². The van der Waals surface area contributed by atoms with E-state index in [4.69, 9.17) is 16.0 Å². The van der Waals surface area contributed by atoms with Gasteiger partial charge >= 0.3 is 0 Å². The second-order valence-electron chi connectivity index (χ2n) is 4.91. The molecule has 112 valence electrons. The monoisotopic (exact) mass is 334 g/mol. The first-order chi connectivity index (χ1) is 10.8. The maximum Gasteiger partial charge on any atom is 0.249 e. The zero-order valence-corrected chi connectivity index (χ0v) is 13.0. The number of hydrogen-bond acceptors (Lipinski definition) is 7. The molecule has 1 aliphatic carbocycles. The van der Waals surface area contributed by atoms with E-state index < -0.39 is 0 Å². The Balaban J connectivity index is 1.48. The first-order valence-corrected chi connectivity index (χ1v) is 8.15. The summed E-state index contributed by atoms with van der Waals surface area (Å²) < 4.78 is 7.52. The summed E-state index contributed by atoms with van der Waals surface area (Å²) >= 11 is 7.61. The molecule has 3 aromatic rings. The van der Waals surface area contributed by atoms with Crippen LogP contribution in [0.4, 0.5) is 0 Å². The van der Waals surface area contributed by atoms with Gasteiger partial charge in [0.1, 0.15) is 0 Å². The standard InChI is InChI=1S/C13H11ClN6OS/c14-10-4-2-1-3-9(10)12-16-15-11(21-12)7-22-13-17-18-19-20(13)8-5-6-8/h1-4,8H,5-7H2. The third-order valence-corrected chi connectivity index (χ3v) is 4.50. The molecule has 1 saturated carbocycles. The quantitative estimate of drug-likeness (QED) is 0.663. The van der Waals surface area contributed by atoms with Gasteiger partial charge in [-0.2, -0.15) is 0 Å². The minimum atomic E-state index is 0.419. The molecule has 22 heavy (non-hydrogen) atoms. The third-order valence-electron chi connectivity index (χ3n) is 3.25. The molecule has 0 radical (unpaired) electrons. The molecule has 0 aliphatic heterocycles. The van der Waals surface area contributed by atoms with Gasteiger partial charge in [-0.25, -0.2) is 4.68 Å². The Morgan fingerprint density at radius 3 is 2.91 bits per heavy atom. The minimum Gasteiger partial charge on any atom is -0.420 e. The van der Waals surface area contributed by atoms with Crippen LogP contribution >= 0.6 is 23.4 Å². The molecule has 7 nitrogen and oxygen atoms in total. The predicted molar refractivity (Wildman–Crippen MR) is 80.4 cm³/mol. The Kier molecular flexibility index (Phi) is 3.55. The van der Waals surface area contributed by atoms with E-state index in [0.717, 1.165) is 23.6 Å². The van der Waals surface area contributed by atoms with Crippen molar-refractivity contribution in [2.24, 2.45) is 0 Å². The molecule has 2 heterocycles. The van der Waals surface area contributed by atoms with Crippen molar-refractivity contribution < 1.29 is 4.42 Å². The van der Waals surface area contributed by atoms with Crippen LogP contribution in [0, 0.1) is 0 Å². The summed E-state index contributed by atoms with van der Waals surface area (Å²) in [5, 5.41) is 21.2. The fourth-order valence-corrected chi connectivity index (χ4v) is 3.01. The number of benzene rings is 1. The van der Waals surface area contributed by atoms with Crippen molar-refractivity contribution in [3.8, 4) is 11.5 Å². The molecule has 0 N–H and O–H groups in total. The number of nitrogens with zero attached hydrogens (tertiary/aromatic N) is 6. The highest BCUT2D eigenvalue weighted by Crippen LogP contribution is 2.37. The van der Waals surface area contributed by atoms with Gasteiger partial charge in [-0.1, -0.05) is 35.5 Å². The minimum absolute atomic E-state index is 0.419. The van der Waals surface area contributed by atoms with Crippen molar-refractivity contribution >= 4 is 23.4 Å². The van der Waals surface area contributed by atoms with Gasteiger partial charge in [0, 0.05) is 0 Å². The van der Waals surface area contributed by atoms with Gasteiger partial charge in [-0.15, -0.1) is 15.3 Å². The number of rotatable bonds is 5. The molecule has 1 aromatic carbocycles. The van der Waals surface area contributed by atoms with Gasteiger partial charge in [-0.3, -0.25) is 0 Å². The molecule has 0 atom stereocenters. The van der Waals surface area contributed by atoms with Gasteiger partial charge in [0.15, 0.2) is 0 Å². The van der Waals surface area contributed by atoms with Crippen molar-refractivity contribution in [3.63, 3.8) is 0 Å². The molecule has 2 aromatic heterocycles. The summed E-state index contributed by atoms with van der Waals surface area (Å²) in [5.41, 5.74) is 0.732. The highest BCUT2D eigenvalue weighted by atomic mass is 35.5. The van der Waals surface area contributed by atoms with Crippen LogP contribution < -0.4 is 0 Å². The lowest BCUT2D eigenvalue weighted by Crippen LogP contribution is -1.98. The average Bonchev–Trinajstić information content (AvgIpc) is 3.09. The normalized spacial score (nSPS) is 14.4. The smallest absolute Gasteiger partial charge is 0.249 e. The van der Waals surface area contributed by atoms with E-state index in [-0.39, 0.29) is 0 Å². The van der Waals surface area contributed by atoms with Crippen molar-refractivity contribution in [2.75, 3.05) is 0 Å². The van der Waals surface area contributed by atoms with Crippen molar-refractivity contribution in [1.29, 1.82) is 0 Å². The van der Waals surface area contributed by atoms with Gasteiger partial charge in [0.2, 0.25) is 16.9 Å². The van der Waals surface area contributed by atoms with Gasteiger partial charge in [0.25, 0.3) is 0 Å². The van der Waals surface area contributed by atoms with Crippen molar-refractivity contribution in [3.05, 3.63) is 35.2 Å². The fourth-order valence-electron chi connectivity index (χ4n) is 2.01. The topological polar surface area (TPSA) is 82.5 Å². The van der Waals surface area contributed by atoms with Crippen LogP contribution in [0.3, 0.4) is 0 Å². The summed E-state index contributed by atoms with van der Waals surface area (Å²) in [4.78, 5) is 0. The lowest BCUT2D eigenvalue weighted by molar-refractivity contribution is 0.527. The molecule has 0 bridgehead atoms. The summed E-state index contributed by atoms with van der Waals surface area (Å²) in [6.45, 7) is 0. The molecule has 0 saturated heterocycles. The molecule has 0 spiro atoms. The summed E-state index contributed by atoms with van der Waals surface area (Å²) in [5.74, 6) is 1.46. The van der Waals surface area contributed by atoms with E-state index in [2.05, 4.69) is 25.7 Å². The molecule has 1 aliphatic rings. The molecule has 4 rings (SSSR count). The van der Waals surface area contributed by atoms with E-state index in [0.29, 0.717) is 28.6 Å². The summed E-state index contributed by atoms with van der Waals surface area (Å²) in [7, 11) is 0. The van der Waals surface area contributed by atoms with E-state index in [1.165, 1.54) is 11.8 Å². The van der Waals surface area contributed by atoms with Crippen LogP contribution in [0.5, 0.6) is 0 Å². The second-order valence-corrected chi connectivity index (χ2v) is 6.26. The van der Waals surface area contributed by atoms with Gasteiger partial charge in [0.05, 0.1) is 22.4 Å². The largest absolute Gasteiger partial charge is 0.420 e. The molecular formula is C13H11ClN6OS. The van der Waals surface area contributed by atoms with Gasteiger partial charge < -0.3 is 4.42 Å². The van der Waals surface area contributed by atoms with E-state index >= 15 is 0 Å². The Bertz CT molecular complexity index is 799. The van der Waals surface area contributed by atoms with Crippen LogP contribution in [-0.2, 0) is 5.75 Å². The van der Waals surface area contributed by atoms with Crippen molar-refractivity contribution in [2.45, 2.75) is 29.8 Å². The Hall–Kier alpha value is -1.93. The molecular weight excluding hydrogens is 324 g/mol. The Morgan fingerprint density at radius 2 is 2.09 bits per heavy atom. The first kappa shape index (κ1) is 13.7. The van der Waals surface area contributed by atoms with Crippen LogP contribution in [0.15, 0.2) is 33.8 Å². The summed E-state index contributed by atoms with van der Waals surface area (Å²) in [6.07, 6.45) is 2.27. The van der Waals surface area contributed by atoms with E-state index in [9.17, 15) is 0 Å². The molecule has 0 amide bonds. The maximum absolute atomic E-state index is 6.13. The average molecular weight is 335 g/mol. The summed E-state index contributed by atoms with van der Waals surface area (Å²) in [6, 6.07) is 7.82. The molecule has 9 heteroatoms. The van der Waals surface area contributed by atoms with Gasteiger partial charge in [-0.05, 0) is 35.4 Å². The highest BCUT2D eigenvalue weighted by Gasteiger charge is 2.28. The van der Waals surface area contributed by atoms with E-state index in [1.54, 1.807) is 6.07 Å². The van der Waals surface area contributed by atoms with Crippen LogP contribution in [0.1, 0.15) is 24.8 Å². The zero-order valence-electron chi connectivity index (χ0n) is 11.4. The lowest BCUT2D eigenvalue weighted by atomic mass is 10.2. The van der Waals surface area contributed by atoms with Crippen LogP contribution in [-0.4, -0.2) is 30.4 Å². The SMILES string of the molecule is Clc1ccccc1-c1nnc(CSc2nnnn2C2CC2)o1. The number of thioether (sulfide) groups is 1. The Morgan fingerprint density at radius 1 is 1.23 bits per heavy atom. The number of hydrogen-bond donors (Lipinski definition) is 0. The number of tetrazole rings is 1. The fraction of sp³-hybridized carbons (Fsp3) is 0.308. The van der Waals surface area contributed by atoms with Crippen LogP contribution in [0.2, 0.25) is 5.02 Å². The number of halogens is 1. The third kappa shape index (κ3) is 2.71. The second kappa shape index (κ2) is 5.69. The van der Waals surface area contributed by atoms with Crippen LogP contribution in [0.25, 0.3) is 11.5 Å². The lowest BCUT2D eigenvalue weighted by Gasteiger charge is -1.99. The number of aromatic nitrogens is 6. The zero-order chi connectivity index (χ0) is 14.9. The maximum atomic E-state index is 6.13. The Labute approximate surface area is 135 Å². The molecule has 0 unspecified atom stereocenters.